The number of hydrogen-bond donors (Lipinski definition) is 1. The lowest BCUT2D eigenvalue weighted by molar-refractivity contribution is -0.123. The number of carbonyl (C=O) groups excluding carboxylic acids is 1. The van der Waals surface area contributed by atoms with Crippen LogP contribution in [-0.2, 0) is 10.2 Å². The van der Waals surface area contributed by atoms with Crippen molar-refractivity contribution in [1.82, 2.24) is 10.3 Å². The number of halogens is 1. The molecule has 0 unspecified atom stereocenters. The van der Waals surface area contributed by atoms with E-state index in [1.807, 2.05) is 0 Å². The minimum atomic E-state index is -0.468. The van der Waals surface area contributed by atoms with Gasteiger partial charge in [-0.1, -0.05) is 12.1 Å². The van der Waals surface area contributed by atoms with Crippen LogP contribution in [0.2, 0.25) is 0 Å². The summed E-state index contributed by atoms with van der Waals surface area (Å²) in [7, 11) is 0. The molecule has 0 atom stereocenters. The summed E-state index contributed by atoms with van der Waals surface area (Å²) in [4.78, 5) is 19.3. The Hall–Kier alpha value is -2.94. The lowest BCUT2D eigenvalue weighted by Crippen LogP contribution is -2.42. The average Bonchev–Trinajstić information content (AvgIpc) is 3.55. The normalized spacial score (nSPS) is 18.4. The van der Waals surface area contributed by atoms with E-state index in [1.165, 1.54) is 12.1 Å². The van der Waals surface area contributed by atoms with Crippen LogP contribution in [0.25, 0.3) is 0 Å². The molecule has 1 aromatic heterocycles. The Kier molecular flexibility index (Phi) is 4.99. The molecular formula is C22H23FN4O. The Balaban J connectivity index is 1.30. The summed E-state index contributed by atoms with van der Waals surface area (Å²) in [6.07, 6.45) is 5.25. The van der Waals surface area contributed by atoms with E-state index < -0.39 is 5.41 Å². The Labute approximate surface area is 164 Å². The van der Waals surface area contributed by atoms with Gasteiger partial charge in [0.05, 0.1) is 11.0 Å². The number of nitriles is 1. The number of nitrogens with zero attached hydrogens (tertiary/aromatic N) is 3. The van der Waals surface area contributed by atoms with Crippen LogP contribution >= 0.6 is 0 Å². The summed E-state index contributed by atoms with van der Waals surface area (Å²) < 4.78 is 13.2. The number of aromatic nitrogens is 1. The predicted octanol–water partition coefficient (Wildman–Crippen LogP) is 3.16. The highest BCUT2D eigenvalue weighted by atomic mass is 19.1. The van der Waals surface area contributed by atoms with Crippen molar-refractivity contribution in [2.45, 2.75) is 31.1 Å². The molecule has 5 nitrogen and oxygen atoms in total. The van der Waals surface area contributed by atoms with Crippen molar-refractivity contribution in [3.05, 3.63) is 59.5 Å². The number of pyridine rings is 1. The number of amides is 1. The van der Waals surface area contributed by atoms with E-state index in [4.69, 9.17) is 0 Å². The second-order valence-corrected chi connectivity index (χ2v) is 7.72. The summed E-state index contributed by atoms with van der Waals surface area (Å²) in [6, 6.07) is 12.1. The number of rotatable bonds is 5. The third kappa shape index (κ3) is 3.57. The van der Waals surface area contributed by atoms with Gasteiger partial charge in [0.25, 0.3) is 0 Å². The Morgan fingerprint density at radius 1 is 1.25 bits per heavy atom. The van der Waals surface area contributed by atoms with Crippen LogP contribution in [0.5, 0.6) is 0 Å². The molecule has 0 spiro atoms. The first kappa shape index (κ1) is 18.4. The van der Waals surface area contributed by atoms with E-state index in [1.54, 1.807) is 30.5 Å². The number of piperidine rings is 1. The van der Waals surface area contributed by atoms with Crippen LogP contribution in [0.4, 0.5) is 10.2 Å². The number of nitrogens with one attached hydrogen (secondary N) is 1. The zero-order valence-electron chi connectivity index (χ0n) is 15.7. The third-order valence-corrected chi connectivity index (χ3v) is 5.95. The molecule has 1 saturated heterocycles. The molecule has 1 aliphatic carbocycles. The zero-order valence-corrected chi connectivity index (χ0v) is 15.7. The summed E-state index contributed by atoms with van der Waals surface area (Å²) in [5.41, 5.74) is 1.04. The van der Waals surface area contributed by atoms with Crippen LogP contribution in [0.3, 0.4) is 0 Å². The minimum Gasteiger partial charge on any atom is -0.356 e. The molecule has 144 valence electrons. The Morgan fingerprint density at radius 3 is 2.61 bits per heavy atom. The third-order valence-electron chi connectivity index (χ3n) is 5.95. The first-order chi connectivity index (χ1) is 13.6. The molecule has 4 rings (SSSR count). The van der Waals surface area contributed by atoms with E-state index in [0.717, 1.165) is 50.2 Å². The standard InChI is InChI=1S/C22H23FN4O/c23-19-5-3-18(4-6-19)22(9-10-22)21(28)26-15-16-7-12-27(13-8-16)20-17(14-24)2-1-11-25-20/h1-6,11,16H,7-10,12-13,15H2,(H,26,28). The second kappa shape index (κ2) is 7.59. The van der Waals surface area contributed by atoms with Crippen molar-refractivity contribution in [2.24, 2.45) is 5.92 Å². The lowest BCUT2D eigenvalue weighted by Gasteiger charge is -2.33. The molecule has 2 heterocycles. The maximum Gasteiger partial charge on any atom is 0.230 e. The molecule has 2 aromatic rings. The first-order valence-corrected chi connectivity index (χ1v) is 9.77. The number of carbonyl (C=O) groups is 1. The van der Waals surface area contributed by atoms with Crippen LogP contribution in [0, 0.1) is 23.1 Å². The van der Waals surface area contributed by atoms with Crippen molar-refractivity contribution in [1.29, 1.82) is 5.26 Å². The molecule has 1 aliphatic heterocycles. The molecule has 1 saturated carbocycles. The van der Waals surface area contributed by atoms with Gasteiger partial charge < -0.3 is 10.2 Å². The summed E-state index contributed by atoms with van der Waals surface area (Å²) in [5.74, 6) is 0.941. The number of benzene rings is 1. The van der Waals surface area contributed by atoms with E-state index in [-0.39, 0.29) is 11.7 Å². The molecule has 1 aromatic carbocycles. The van der Waals surface area contributed by atoms with Crippen LogP contribution in [-0.4, -0.2) is 30.5 Å². The highest BCUT2D eigenvalue weighted by Gasteiger charge is 2.51. The quantitative estimate of drug-likeness (QED) is 0.868. The van der Waals surface area contributed by atoms with Gasteiger partial charge in [-0.2, -0.15) is 5.26 Å². The number of anilines is 1. The maximum atomic E-state index is 13.2. The van der Waals surface area contributed by atoms with Crippen molar-refractivity contribution >= 4 is 11.7 Å². The maximum absolute atomic E-state index is 13.2. The molecular weight excluding hydrogens is 355 g/mol. The lowest BCUT2D eigenvalue weighted by atomic mass is 9.93. The summed E-state index contributed by atoms with van der Waals surface area (Å²) in [5, 5.41) is 12.4. The van der Waals surface area contributed by atoms with Gasteiger partial charge >= 0.3 is 0 Å². The van der Waals surface area contributed by atoms with Crippen LogP contribution < -0.4 is 10.2 Å². The van der Waals surface area contributed by atoms with Crippen molar-refractivity contribution in [3.8, 4) is 6.07 Å². The van der Waals surface area contributed by atoms with Gasteiger partial charge in [-0.15, -0.1) is 0 Å². The van der Waals surface area contributed by atoms with Gasteiger partial charge in [0.1, 0.15) is 17.7 Å². The van der Waals surface area contributed by atoms with Gasteiger partial charge in [0.15, 0.2) is 0 Å². The monoisotopic (exact) mass is 378 g/mol. The van der Waals surface area contributed by atoms with Crippen LogP contribution in [0.1, 0.15) is 36.8 Å². The predicted molar refractivity (Wildman–Crippen MR) is 104 cm³/mol. The van der Waals surface area contributed by atoms with E-state index in [9.17, 15) is 14.4 Å². The Bertz CT molecular complexity index is 893. The van der Waals surface area contributed by atoms with Crippen LogP contribution in [0.15, 0.2) is 42.6 Å². The molecule has 28 heavy (non-hydrogen) atoms. The van der Waals surface area contributed by atoms with Gasteiger partial charge in [0, 0.05) is 25.8 Å². The van der Waals surface area contributed by atoms with Gasteiger partial charge in [-0.3, -0.25) is 4.79 Å². The van der Waals surface area contributed by atoms with E-state index >= 15 is 0 Å². The average molecular weight is 378 g/mol. The van der Waals surface area contributed by atoms with Crippen molar-refractivity contribution < 1.29 is 9.18 Å². The highest BCUT2D eigenvalue weighted by molar-refractivity contribution is 5.91. The van der Waals surface area contributed by atoms with E-state index in [2.05, 4.69) is 21.3 Å². The van der Waals surface area contributed by atoms with Crippen molar-refractivity contribution in [2.75, 3.05) is 24.5 Å². The Morgan fingerprint density at radius 2 is 1.96 bits per heavy atom. The zero-order chi connectivity index (χ0) is 19.6. The second-order valence-electron chi connectivity index (χ2n) is 7.72. The van der Waals surface area contributed by atoms with Crippen molar-refractivity contribution in [3.63, 3.8) is 0 Å². The summed E-state index contributed by atoms with van der Waals surface area (Å²) in [6.45, 7) is 2.31. The molecule has 0 bridgehead atoms. The molecule has 1 amide bonds. The number of hydrogen-bond acceptors (Lipinski definition) is 4. The van der Waals surface area contributed by atoms with Gasteiger partial charge in [0.2, 0.25) is 5.91 Å². The molecule has 2 fully saturated rings. The minimum absolute atomic E-state index is 0.0537. The molecule has 2 aliphatic rings. The van der Waals surface area contributed by atoms with E-state index in [0.29, 0.717) is 18.0 Å². The topological polar surface area (TPSA) is 69.0 Å². The molecule has 1 N–H and O–H groups in total. The SMILES string of the molecule is N#Cc1cccnc1N1CCC(CNC(=O)C2(c3ccc(F)cc3)CC2)CC1. The fraction of sp³-hybridized carbons (Fsp3) is 0.409. The largest absolute Gasteiger partial charge is 0.356 e. The van der Waals surface area contributed by atoms with Gasteiger partial charge in [-0.25, -0.2) is 9.37 Å². The molecule has 6 heteroatoms. The summed E-state index contributed by atoms with van der Waals surface area (Å²) >= 11 is 0. The van der Waals surface area contributed by atoms with Gasteiger partial charge in [-0.05, 0) is 61.4 Å². The molecule has 0 radical (unpaired) electrons. The fourth-order valence-corrected chi connectivity index (χ4v) is 4.03. The highest BCUT2D eigenvalue weighted by Crippen LogP contribution is 2.48. The smallest absolute Gasteiger partial charge is 0.230 e. The first-order valence-electron chi connectivity index (χ1n) is 9.77. The fourth-order valence-electron chi connectivity index (χ4n) is 4.03.